The maximum absolute atomic E-state index is 11.1. The molecule has 3 atom stereocenters. The van der Waals surface area contributed by atoms with Crippen LogP contribution in [0.4, 0.5) is 0 Å². The summed E-state index contributed by atoms with van der Waals surface area (Å²) < 4.78 is 0. The lowest BCUT2D eigenvalue weighted by atomic mass is 9.70. The van der Waals surface area contributed by atoms with E-state index in [1.165, 1.54) is 38.6 Å². The molecule has 2 heteroatoms. The summed E-state index contributed by atoms with van der Waals surface area (Å²) in [6.45, 7) is 9.15. The summed E-state index contributed by atoms with van der Waals surface area (Å²) in [7, 11) is 0. The van der Waals surface area contributed by atoms with Crippen LogP contribution in [0.2, 0.25) is 0 Å². The third-order valence-corrected chi connectivity index (χ3v) is 5.31. The molecule has 0 aromatic rings. The van der Waals surface area contributed by atoms with E-state index in [-0.39, 0.29) is 5.60 Å². The average Bonchev–Trinajstić information content (AvgIpc) is 2.52. The average molecular weight is 253 g/mol. The Kier molecular flexibility index (Phi) is 4.71. The first kappa shape index (κ1) is 14.3. The molecule has 1 aliphatic heterocycles. The van der Waals surface area contributed by atoms with Crippen molar-refractivity contribution >= 4 is 0 Å². The van der Waals surface area contributed by atoms with Gasteiger partial charge in [0.1, 0.15) is 0 Å². The van der Waals surface area contributed by atoms with Gasteiger partial charge in [-0.25, -0.2) is 0 Å². The minimum absolute atomic E-state index is 0.363. The van der Waals surface area contributed by atoms with Crippen molar-refractivity contribution in [3.8, 4) is 0 Å². The van der Waals surface area contributed by atoms with E-state index < -0.39 is 0 Å². The minimum atomic E-state index is -0.363. The molecule has 106 valence electrons. The van der Waals surface area contributed by atoms with E-state index in [1.807, 2.05) is 0 Å². The summed E-state index contributed by atoms with van der Waals surface area (Å²) in [6, 6.07) is 0.623. The smallest absolute Gasteiger partial charge is 0.0688 e. The fraction of sp³-hybridized carbons (Fsp3) is 1.00. The Labute approximate surface area is 113 Å². The van der Waals surface area contributed by atoms with Gasteiger partial charge < -0.3 is 10.0 Å². The summed E-state index contributed by atoms with van der Waals surface area (Å²) in [5.41, 5.74) is -0.363. The highest BCUT2D eigenvalue weighted by atomic mass is 16.3. The topological polar surface area (TPSA) is 23.5 Å². The quantitative estimate of drug-likeness (QED) is 0.815. The Morgan fingerprint density at radius 1 is 1.11 bits per heavy atom. The van der Waals surface area contributed by atoms with Crippen molar-refractivity contribution in [2.24, 2.45) is 11.8 Å². The highest BCUT2D eigenvalue weighted by Gasteiger charge is 2.39. The van der Waals surface area contributed by atoms with Gasteiger partial charge in [0.2, 0.25) is 0 Å². The highest BCUT2D eigenvalue weighted by Crippen LogP contribution is 2.41. The van der Waals surface area contributed by atoms with Crippen molar-refractivity contribution in [1.82, 2.24) is 4.90 Å². The van der Waals surface area contributed by atoms with Crippen LogP contribution < -0.4 is 0 Å². The SMILES string of the molecule is CC1CCCC(C2(O)CCCN(C(C)C)CC2)C1. The molecule has 0 radical (unpaired) electrons. The third-order valence-electron chi connectivity index (χ3n) is 5.31. The maximum atomic E-state index is 11.1. The van der Waals surface area contributed by atoms with Crippen LogP contribution in [-0.2, 0) is 0 Å². The highest BCUT2D eigenvalue weighted by molar-refractivity contribution is 4.92. The molecule has 1 aliphatic carbocycles. The predicted octanol–water partition coefficient (Wildman–Crippen LogP) is 3.44. The van der Waals surface area contributed by atoms with Crippen LogP contribution in [0.25, 0.3) is 0 Å². The number of likely N-dealkylation sites (tertiary alicyclic amines) is 1. The second-order valence-corrected chi connectivity index (χ2v) is 7.06. The Bertz CT molecular complexity index is 266. The summed E-state index contributed by atoms with van der Waals surface area (Å²) >= 11 is 0. The van der Waals surface area contributed by atoms with Crippen LogP contribution in [0.1, 0.15) is 65.7 Å². The van der Waals surface area contributed by atoms with E-state index in [1.54, 1.807) is 0 Å². The lowest BCUT2D eigenvalue weighted by molar-refractivity contribution is -0.0514. The van der Waals surface area contributed by atoms with E-state index in [2.05, 4.69) is 25.7 Å². The zero-order chi connectivity index (χ0) is 13.2. The lowest BCUT2D eigenvalue weighted by Gasteiger charge is -2.40. The van der Waals surface area contributed by atoms with Gasteiger partial charge in [-0.05, 0) is 64.3 Å². The zero-order valence-corrected chi connectivity index (χ0v) is 12.5. The predicted molar refractivity (Wildman–Crippen MR) is 76.6 cm³/mol. The van der Waals surface area contributed by atoms with Crippen molar-refractivity contribution in [2.75, 3.05) is 13.1 Å². The molecule has 0 spiro atoms. The van der Waals surface area contributed by atoms with Crippen LogP contribution in [-0.4, -0.2) is 34.7 Å². The van der Waals surface area contributed by atoms with Crippen molar-refractivity contribution < 1.29 is 5.11 Å². The van der Waals surface area contributed by atoms with Gasteiger partial charge in [-0.2, -0.15) is 0 Å². The van der Waals surface area contributed by atoms with Gasteiger partial charge in [0, 0.05) is 12.6 Å². The molecule has 0 aromatic carbocycles. The molecule has 3 unspecified atom stereocenters. The molecule has 2 fully saturated rings. The van der Waals surface area contributed by atoms with E-state index >= 15 is 0 Å². The summed E-state index contributed by atoms with van der Waals surface area (Å²) in [5, 5.41) is 11.1. The van der Waals surface area contributed by atoms with Gasteiger partial charge in [-0.1, -0.05) is 19.8 Å². The largest absolute Gasteiger partial charge is 0.390 e. The Balaban J connectivity index is 1.97. The van der Waals surface area contributed by atoms with E-state index in [0.717, 1.165) is 25.3 Å². The molecule has 0 aromatic heterocycles. The molecule has 2 rings (SSSR count). The fourth-order valence-corrected chi connectivity index (χ4v) is 4.01. The Morgan fingerprint density at radius 2 is 1.89 bits per heavy atom. The zero-order valence-electron chi connectivity index (χ0n) is 12.5. The van der Waals surface area contributed by atoms with Crippen molar-refractivity contribution in [3.05, 3.63) is 0 Å². The molecule has 1 N–H and O–H groups in total. The Morgan fingerprint density at radius 3 is 2.56 bits per heavy atom. The summed E-state index contributed by atoms with van der Waals surface area (Å²) in [5.74, 6) is 1.38. The molecule has 2 nitrogen and oxygen atoms in total. The first-order chi connectivity index (χ1) is 8.51. The fourth-order valence-electron chi connectivity index (χ4n) is 4.01. The van der Waals surface area contributed by atoms with E-state index in [0.29, 0.717) is 12.0 Å². The second-order valence-electron chi connectivity index (χ2n) is 7.06. The monoisotopic (exact) mass is 253 g/mol. The van der Waals surface area contributed by atoms with Gasteiger partial charge in [0.15, 0.2) is 0 Å². The minimum Gasteiger partial charge on any atom is -0.390 e. The second kappa shape index (κ2) is 5.92. The molecule has 0 bridgehead atoms. The number of hydrogen-bond donors (Lipinski definition) is 1. The number of nitrogens with zero attached hydrogens (tertiary/aromatic N) is 1. The third kappa shape index (κ3) is 3.27. The lowest BCUT2D eigenvalue weighted by Crippen LogP contribution is -2.41. The van der Waals surface area contributed by atoms with Gasteiger partial charge >= 0.3 is 0 Å². The molecule has 1 saturated heterocycles. The van der Waals surface area contributed by atoms with E-state index in [4.69, 9.17) is 0 Å². The van der Waals surface area contributed by atoms with Crippen LogP contribution in [0.5, 0.6) is 0 Å². The standard InChI is InChI=1S/C16H31NO/c1-13(2)17-10-5-8-16(18,9-11-17)15-7-4-6-14(3)12-15/h13-15,18H,4-12H2,1-3H3. The summed E-state index contributed by atoms with van der Waals surface area (Å²) in [6.07, 6.45) is 8.36. The first-order valence-electron chi connectivity index (χ1n) is 7.98. The Hall–Kier alpha value is -0.0800. The van der Waals surface area contributed by atoms with Crippen molar-refractivity contribution in [2.45, 2.75) is 77.4 Å². The molecule has 1 saturated carbocycles. The number of hydrogen-bond acceptors (Lipinski definition) is 2. The van der Waals surface area contributed by atoms with Gasteiger partial charge in [-0.15, -0.1) is 0 Å². The van der Waals surface area contributed by atoms with E-state index in [9.17, 15) is 5.11 Å². The van der Waals surface area contributed by atoms with Gasteiger partial charge in [-0.3, -0.25) is 0 Å². The van der Waals surface area contributed by atoms with Crippen LogP contribution in [0.15, 0.2) is 0 Å². The van der Waals surface area contributed by atoms with Crippen molar-refractivity contribution in [1.29, 1.82) is 0 Å². The number of rotatable bonds is 2. The molecule has 2 aliphatic rings. The summed E-state index contributed by atoms with van der Waals surface area (Å²) in [4.78, 5) is 2.53. The van der Waals surface area contributed by atoms with Gasteiger partial charge in [0.05, 0.1) is 5.60 Å². The first-order valence-corrected chi connectivity index (χ1v) is 7.98. The van der Waals surface area contributed by atoms with Crippen molar-refractivity contribution in [3.63, 3.8) is 0 Å². The molecular formula is C16H31NO. The van der Waals surface area contributed by atoms with Crippen LogP contribution in [0.3, 0.4) is 0 Å². The maximum Gasteiger partial charge on any atom is 0.0688 e. The number of aliphatic hydroxyl groups is 1. The van der Waals surface area contributed by atoms with Gasteiger partial charge in [0.25, 0.3) is 0 Å². The molecule has 1 heterocycles. The normalized spacial score (nSPS) is 39.8. The van der Waals surface area contributed by atoms with Crippen LogP contribution in [0, 0.1) is 11.8 Å². The molecular weight excluding hydrogens is 222 g/mol. The molecule has 18 heavy (non-hydrogen) atoms. The van der Waals surface area contributed by atoms with Crippen LogP contribution >= 0.6 is 0 Å². The molecule has 0 amide bonds.